The van der Waals surface area contributed by atoms with E-state index in [0.29, 0.717) is 29.6 Å². The van der Waals surface area contributed by atoms with Crippen molar-refractivity contribution in [2.75, 3.05) is 26.9 Å². The fourth-order valence-electron chi connectivity index (χ4n) is 2.67. The van der Waals surface area contributed by atoms with E-state index in [-0.39, 0.29) is 6.61 Å². The van der Waals surface area contributed by atoms with Crippen molar-refractivity contribution in [3.05, 3.63) is 41.1 Å². The summed E-state index contributed by atoms with van der Waals surface area (Å²) in [5, 5.41) is 6.63. The van der Waals surface area contributed by atoms with Crippen LogP contribution in [-0.2, 0) is 14.3 Å². The molecule has 0 bridgehead atoms. The van der Waals surface area contributed by atoms with Crippen molar-refractivity contribution in [1.29, 1.82) is 0 Å². The number of unbranched alkanes of at least 4 members (excludes halogenated alkanes) is 1. The highest BCUT2D eigenvalue weighted by molar-refractivity contribution is 7.80. The van der Waals surface area contributed by atoms with Crippen molar-refractivity contribution in [3.8, 4) is 5.75 Å². The second-order valence-electron chi connectivity index (χ2n) is 5.94. The van der Waals surface area contributed by atoms with E-state index in [1.807, 2.05) is 31.2 Å². The highest BCUT2D eigenvalue weighted by atomic mass is 32.1. The van der Waals surface area contributed by atoms with Gasteiger partial charge < -0.3 is 24.8 Å². The zero-order chi connectivity index (χ0) is 18.9. The largest absolute Gasteiger partial charge is 0.493 e. The minimum Gasteiger partial charge on any atom is -0.493 e. The molecule has 142 valence electrons. The van der Waals surface area contributed by atoms with Gasteiger partial charge in [0.2, 0.25) is 0 Å². The predicted octanol–water partition coefficient (Wildman–Crippen LogP) is 2.85. The smallest absolute Gasteiger partial charge is 0.338 e. The van der Waals surface area contributed by atoms with Crippen molar-refractivity contribution >= 4 is 23.3 Å². The van der Waals surface area contributed by atoms with Gasteiger partial charge in [0, 0.05) is 18.4 Å². The molecule has 0 radical (unpaired) electrons. The number of rotatable bonds is 9. The number of allylic oxidation sites excluding steroid dienone is 1. The van der Waals surface area contributed by atoms with Crippen LogP contribution in [-0.4, -0.2) is 38.0 Å². The molecule has 0 fully saturated rings. The second kappa shape index (κ2) is 10.1. The second-order valence-corrected chi connectivity index (χ2v) is 6.35. The number of carbonyl (C=O) groups is 1. The van der Waals surface area contributed by atoms with E-state index in [9.17, 15) is 4.79 Å². The molecule has 2 rings (SSSR count). The van der Waals surface area contributed by atoms with Gasteiger partial charge in [-0.3, -0.25) is 0 Å². The first-order chi connectivity index (χ1) is 12.6. The Morgan fingerprint density at radius 2 is 2.00 bits per heavy atom. The normalized spacial score (nSPS) is 16.7. The maximum atomic E-state index is 12.6. The number of nitrogens with one attached hydrogen (secondary N) is 2. The molecule has 0 saturated heterocycles. The fourth-order valence-corrected chi connectivity index (χ4v) is 2.94. The van der Waals surface area contributed by atoms with Crippen LogP contribution in [0.5, 0.6) is 5.75 Å². The topological polar surface area (TPSA) is 68.8 Å². The van der Waals surface area contributed by atoms with E-state index in [0.717, 1.165) is 24.2 Å². The summed E-state index contributed by atoms with van der Waals surface area (Å²) in [5.41, 5.74) is 2.01. The van der Waals surface area contributed by atoms with E-state index in [1.165, 1.54) is 0 Å². The van der Waals surface area contributed by atoms with Crippen molar-refractivity contribution in [3.63, 3.8) is 0 Å². The Morgan fingerprint density at radius 1 is 1.23 bits per heavy atom. The summed E-state index contributed by atoms with van der Waals surface area (Å²) >= 11 is 5.29. The molecule has 6 nitrogen and oxygen atoms in total. The molecular formula is C19H26N2O4S. The zero-order valence-corrected chi connectivity index (χ0v) is 16.3. The number of para-hydroxylation sites is 1. The number of carbonyl (C=O) groups excluding carboxylic acids is 1. The maximum absolute atomic E-state index is 12.6. The number of benzene rings is 1. The molecule has 0 spiro atoms. The molecule has 26 heavy (non-hydrogen) atoms. The molecule has 2 N–H and O–H groups in total. The van der Waals surface area contributed by atoms with Gasteiger partial charge in [0.05, 0.1) is 24.8 Å². The average Bonchev–Trinajstić information content (AvgIpc) is 2.62. The average molecular weight is 378 g/mol. The Bertz CT molecular complexity index is 675. The number of methoxy groups -OCH3 is 1. The van der Waals surface area contributed by atoms with Crippen molar-refractivity contribution in [1.82, 2.24) is 10.6 Å². The summed E-state index contributed by atoms with van der Waals surface area (Å²) in [4.78, 5) is 12.6. The van der Waals surface area contributed by atoms with E-state index in [2.05, 4.69) is 17.6 Å². The minimum absolute atomic E-state index is 0.192. The van der Waals surface area contributed by atoms with Crippen LogP contribution in [0.15, 0.2) is 35.5 Å². The van der Waals surface area contributed by atoms with Crippen LogP contribution in [0.3, 0.4) is 0 Å². The molecule has 0 aromatic heterocycles. The summed E-state index contributed by atoms with van der Waals surface area (Å²) in [6, 6.07) is 7.23. The van der Waals surface area contributed by atoms with Gasteiger partial charge in [0.25, 0.3) is 0 Å². The van der Waals surface area contributed by atoms with Gasteiger partial charge in [-0.15, -0.1) is 0 Å². The van der Waals surface area contributed by atoms with Crippen LogP contribution in [0.2, 0.25) is 0 Å². The Kier molecular flexibility index (Phi) is 7.87. The Morgan fingerprint density at radius 3 is 2.73 bits per heavy atom. The molecule has 1 aromatic rings. The van der Waals surface area contributed by atoms with Crippen LogP contribution in [0, 0.1) is 0 Å². The van der Waals surface area contributed by atoms with Gasteiger partial charge in [0.1, 0.15) is 12.4 Å². The lowest BCUT2D eigenvalue weighted by Crippen LogP contribution is -2.45. The summed E-state index contributed by atoms with van der Waals surface area (Å²) in [7, 11) is 1.56. The molecule has 1 aliphatic rings. The minimum atomic E-state index is -0.434. The highest BCUT2D eigenvalue weighted by Crippen LogP contribution is 2.33. The molecule has 1 aliphatic heterocycles. The lowest BCUT2D eigenvalue weighted by Gasteiger charge is -2.30. The summed E-state index contributed by atoms with van der Waals surface area (Å²) in [5.74, 6) is 0.327. The molecule has 0 unspecified atom stereocenters. The van der Waals surface area contributed by atoms with Gasteiger partial charge in [-0.1, -0.05) is 31.5 Å². The first-order valence-corrected chi connectivity index (χ1v) is 9.15. The molecular weight excluding hydrogens is 352 g/mol. The van der Waals surface area contributed by atoms with Crippen LogP contribution in [0.4, 0.5) is 0 Å². The van der Waals surface area contributed by atoms with E-state index < -0.39 is 12.0 Å². The SMILES string of the molecule is CCCCOc1ccccc1[C@@H]1NC(=S)NC(C)=C1C(=O)OCCOC. The first kappa shape index (κ1) is 20.2. The van der Waals surface area contributed by atoms with Gasteiger partial charge in [-0.25, -0.2) is 4.79 Å². The van der Waals surface area contributed by atoms with Crippen molar-refractivity contribution < 1.29 is 19.0 Å². The zero-order valence-electron chi connectivity index (χ0n) is 15.5. The monoisotopic (exact) mass is 378 g/mol. The predicted molar refractivity (Wildman–Crippen MR) is 104 cm³/mol. The van der Waals surface area contributed by atoms with Crippen molar-refractivity contribution in [2.24, 2.45) is 0 Å². The van der Waals surface area contributed by atoms with Crippen LogP contribution < -0.4 is 15.4 Å². The number of esters is 1. The number of thiocarbonyl (C=S) groups is 1. The molecule has 7 heteroatoms. The molecule has 0 aliphatic carbocycles. The van der Waals surface area contributed by atoms with Crippen LogP contribution in [0.25, 0.3) is 0 Å². The lowest BCUT2D eigenvalue weighted by molar-refractivity contribution is -0.140. The standard InChI is InChI=1S/C19H26N2O4S/c1-4-5-10-24-15-9-7-6-8-14(15)17-16(13(2)20-19(26)21-17)18(22)25-12-11-23-3/h6-9,17H,4-5,10-12H2,1-3H3,(H2,20,21,26)/t17-/m0/s1. The molecule has 0 amide bonds. The highest BCUT2D eigenvalue weighted by Gasteiger charge is 2.32. The van der Waals surface area contributed by atoms with Gasteiger partial charge in [0.15, 0.2) is 5.11 Å². The Hall–Kier alpha value is -2.12. The fraction of sp³-hybridized carbons (Fsp3) is 0.474. The van der Waals surface area contributed by atoms with Crippen molar-refractivity contribution in [2.45, 2.75) is 32.7 Å². The third kappa shape index (κ3) is 5.19. The summed E-state index contributed by atoms with van der Waals surface area (Å²) < 4.78 is 16.2. The Balaban J connectivity index is 2.31. The molecule has 0 saturated carbocycles. The van der Waals surface area contributed by atoms with Gasteiger partial charge in [-0.05, 0) is 31.6 Å². The number of hydrogen-bond acceptors (Lipinski definition) is 5. The molecule has 1 aromatic carbocycles. The van der Waals surface area contributed by atoms with E-state index in [1.54, 1.807) is 7.11 Å². The van der Waals surface area contributed by atoms with Gasteiger partial charge in [-0.2, -0.15) is 0 Å². The molecule has 1 heterocycles. The number of hydrogen-bond donors (Lipinski definition) is 2. The third-order valence-electron chi connectivity index (χ3n) is 4.00. The van der Waals surface area contributed by atoms with Gasteiger partial charge >= 0.3 is 5.97 Å². The molecule has 1 atom stereocenters. The van der Waals surface area contributed by atoms with E-state index >= 15 is 0 Å². The quantitative estimate of drug-likeness (QED) is 0.389. The maximum Gasteiger partial charge on any atom is 0.338 e. The summed E-state index contributed by atoms with van der Waals surface area (Å²) in [6.07, 6.45) is 2.01. The summed E-state index contributed by atoms with van der Waals surface area (Å²) in [6.45, 7) is 5.09. The first-order valence-electron chi connectivity index (χ1n) is 8.74. The van der Waals surface area contributed by atoms with E-state index in [4.69, 9.17) is 26.4 Å². The van der Waals surface area contributed by atoms with Crippen LogP contribution >= 0.6 is 12.2 Å². The lowest BCUT2D eigenvalue weighted by atomic mass is 9.95. The Labute approximate surface area is 159 Å². The number of ether oxygens (including phenoxy) is 3. The third-order valence-corrected chi connectivity index (χ3v) is 4.22. The van der Waals surface area contributed by atoms with Crippen LogP contribution in [0.1, 0.15) is 38.3 Å².